The zero-order valence-corrected chi connectivity index (χ0v) is 22.4. The smallest absolute Gasteiger partial charge is 0.343 e. The summed E-state index contributed by atoms with van der Waals surface area (Å²) in [6, 6.07) is 3.49. The standard InChI is InChI=1S/C19H19F2N5O3.C3H6O.2C2H6/c1-3-29-19(28)13-9-26(18-14(21)6-11(20)8-24-18)17-12(16(13)27)4-5-15(25-17)23-7-10(2)22;1-3(2)4;2*1-2/h4-6,8-10H,3,7,22H2,1-2H3,(H,23,25);4H,1H2,2H3;2*1-2H3. The Labute approximate surface area is 216 Å². The zero-order valence-electron chi connectivity index (χ0n) is 22.4. The molecule has 0 amide bonds. The van der Waals surface area contributed by atoms with Crippen molar-refractivity contribution in [1.82, 2.24) is 14.5 Å². The molecule has 4 N–H and O–H groups in total. The van der Waals surface area contributed by atoms with Crippen LogP contribution < -0.4 is 16.5 Å². The van der Waals surface area contributed by atoms with E-state index in [0.717, 1.165) is 17.0 Å². The molecule has 0 spiro atoms. The molecule has 1 unspecified atom stereocenters. The van der Waals surface area contributed by atoms with Gasteiger partial charge in [-0.1, -0.05) is 34.3 Å². The normalized spacial score (nSPS) is 10.4. The molecule has 0 aliphatic heterocycles. The van der Waals surface area contributed by atoms with Gasteiger partial charge in [-0.25, -0.2) is 23.5 Å². The maximum Gasteiger partial charge on any atom is 0.343 e. The van der Waals surface area contributed by atoms with Gasteiger partial charge in [0.05, 0.1) is 23.9 Å². The number of carbonyl (C=O) groups excluding carboxylic acids is 1. The lowest BCUT2D eigenvalue weighted by atomic mass is 10.2. The lowest BCUT2D eigenvalue weighted by Crippen LogP contribution is -2.26. The molecule has 0 bridgehead atoms. The summed E-state index contributed by atoms with van der Waals surface area (Å²) < 4.78 is 33.8. The van der Waals surface area contributed by atoms with Gasteiger partial charge in [0, 0.05) is 24.8 Å². The van der Waals surface area contributed by atoms with Crippen LogP contribution in [0.4, 0.5) is 14.6 Å². The fourth-order valence-electron chi connectivity index (χ4n) is 2.67. The Morgan fingerprint density at radius 1 is 1.27 bits per heavy atom. The van der Waals surface area contributed by atoms with Crippen LogP contribution in [0.1, 0.15) is 58.8 Å². The Bertz CT molecular complexity index is 1230. The SMILES string of the molecule is C=C(C)O.CC.CC.CCOC(=O)c1cn(-c2ncc(F)cc2F)c2nc(NCC(C)N)ccc2c1=O. The number of aromatic nitrogens is 3. The minimum Gasteiger partial charge on any atom is -0.513 e. The van der Waals surface area contributed by atoms with Gasteiger partial charge >= 0.3 is 5.97 Å². The molecule has 3 aromatic heterocycles. The molecule has 0 fully saturated rings. The number of carbonyl (C=O) groups is 1. The van der Waals surface area contributed by atoms with E-state index in [2.05, 4.69) is 21.9 Å². The number of halogens is 2. The molecule has 204 valence electrons. The molecule has 3 heterocycles. The average Bonchev–Trinajstić information content (AvgIpc) is 2.85. The molecular weight excluding hydrogens is 484 g/mol. The first-order valence-electron chi connectivity index (χ1n) is 11.9. The Morgan fingerprint density at radius 3 is 2.38 bits per heavy atom. The molecule has 9 nitrogen and oxygen atoms in total. The van der Waals surface area contributed by atoms with E-state index >= 15 is 0 Å². The molecule has 0 saturated carbocycles. The van der Waals surface area contributed by atoms with E-state index in [4.69, 9.17) is 15.6 Å². The first kappa shape index (κ1) is 33.1. The van der Waals surface area contributed by atoms with Gasteiger partial charge in [0.15, 0.2) is 17.3 Å². The number of rotatable bonds is 6. The van der Waals surface area contributed by atoms with Crippen molar-refractivity contribution < 1.29 is 23.4 Å². The van der Waals surface area contributed by atoms with Crippen molar-refractivity contribution >= 4 is 22.8 Å². The third-order valence-corrected chi connectivity index (χ3v) is 3.97. The number of pyridine rings is 3. The van der Waals surface area contributed by atoms with Gasteiger partial charge in [0.25, 0.3) is 0 Å². The van der Waals surface area contributed by atoms with Crippen molar-refractivity contribution in [3.63, 3.8) is 0 Å². The molecule has 0 aliphatic carbocycles. The summed E-state index contributed by atoms with van der Waals surface area (Å²) in [5, 5.41) is 10.9. The molecule has 3 rings (SSSR count). The van der Waals surface area contributed by atoms with Gasteiger partial charge in [-0.3, -0.25) is 9.36 Å². The summed E-state index contributed by atoms with van der Waals surface area (Å²) in [5.41, 5.74) is 4.82. The number of nitrogens with zero attached hydrogens (tertiary/aromatic N) is 3. The maximum absolute atomic E-state index is 14.4. The number of hydrogen-bond acceptors (Lipinski definition) is 8. The van der Waals surface area contributed by atoms with Gasteiger partial charge in [0.2, 0.25) is 5.43 Å². The highest BCUT2D eigenvalue weighted by molar-refractivity contribution is 5.93. The molecule has 0 aliphatic rings. The topological polar surface area (TPSA) is 132 Å². The Hall–Kier alpha value is -3.86. The molecule has 3 aromatic rings. The zero-order chi connectivity index (χ0) is 28.7. The molecule has 0 saturated heterocycles. The van der Waals surface area contributed by atoms with E-state index in [1.165, 1.54) is 13.0 Å². The monoisotopic (exact) mass is 521 g/mol. The van der Waals surface area contributed by atoms with Crippen LogP contribution in [0.5, 0.6) is 0 Å². The van der Waals surface area contributed by atoms with Crippen molar-refractivity contribution in [2.45, 2.75) is 54.5 Å². The van der Waals surface area contributed by atoms with Crippen LogP contribution in [0.2, 0.25) is 0 Å². The Kier molecular flexibility index (Phi) is 15.0. The van der Waals surface area contributed by atoms with E-state index in [1.54, 1.807) is 19.9 Å². The number of aliphatic hydroxyl groups excluding tert-OH is 1. The summed E-state index contributed by atoms with van der Waals surface area (Å²) in [5.74, 6) is -2.49. The maximum atomic E-state index is 14.4. The van der Waals surface area contributed by atoms with Gasteiger partial charge in [-0.15, -0.1) is 0 Å². The predicted molar refractivity (Wildman–Crippen MR) is 143 cm³/mol. The third kappa shape index (κ3) is 9.96. The Balaban J connectivity index is 0.00000145. The second-order valence-corrected chi connectivity index (χ2v) is 7.08. The average molecular weight is 522 g/mol. The fourth-order valence-corrected chi connectivity index (χ4v) is 2.67. The number of fused-ring (bicyclic) bond motifs is 1. The number of allylic oxidation sites excluding steroid dienone is 1. The number of esters is 1. The number of nitrogens with two attached hydrogens (primary N) is 1. The fraction of sp³-hybridized carbons (Fsp3) is 0.385. The quantitative estimate of drug-likeness (QED) is 0.301. The van der Waals surface area contributed by atoms with Crippen molar-refractivity contribution in [3.8, 4) is 5.82 Å². The van der Waals surface area contributed by atoms with Crippen molar-refractivity contribution in [3.05, 3.63) is 70.4 Å². The molecule has 0 radical (unpaired) electrons. The van der Waals surface area contributed by atoms with Crippen molar-refractivity contribution in [1.29, 1.82) is 0 Å². The molecule has 0 aromatic carbocycles. The summed E-state index contributed by atoms with van der Waals surface area (Å²) >= 11 is 0. The van der Waals surface area contributed by atoms with E-state index in [0.29, 0.717) is 18.4 Å². The van der Waals surface area contributed by atoms with Crippen molar-refractivity contribution in [2.24, 2.45) is 5.73 Å². The Morgan fingerprint density at radius 2 is 1.86 bits per heavy atom. The first-order valence-corrected chi connectivity index (χ1v) is 11.9. The lowest BCUT2D eigenvalue weighted by Gasteiger charge is -2.14. The van der Waals surface area contributed by atoms with Crippen LogP contribution >= 0.6 is 0 Å². The van der Waals surface area contributed by atoms with E-state index in [-0.39, 0.29) is 40.8 Å². The van der Waals surface area contributed by atoms with E-state index in [9.17, 15) is 18.4 Å². The number of anilines is 1. The first-order chi connectivity index (χ1) is 17.5. The molecule has 37 heavy (non-hydrogen) atoms. The van der Waals surface area contributed by atoms with Crippen LogP contribution in [-0.4, -0.2) is 44.8 Å². The highest BCUT2D eigenvalue weighted by Crippen LogP contribution is 2.20. The number of hydrogen-bond donors (Lipinski definition) is 3. The highest BCUT2D eigenvalue weighted by atomic mass is 19.1. The minimum absolute atomic E-state index is 0.0377. The summed E-state index contributed by atoms with van der Waals surface area (Å²) in [7, 11) is 0. The van der Waals surface area contributed by atoms with Gasteiger partial charge in [0.1, 0.15) is 17.2 Å². The van der Waals surface area contributed by atoms with E-state index < -0.39 is 23.0 Å². The molecular formula is C26H37F2N5O4. The van der Waals surface area contributed by atoms with Crippen molar-refractivity contribution in [2.75, 3.05) is 18.5 Å². The van der Waals surface area contributed by atoms with Gasteiger partial charge in [-0.05, 0) is 32.9 Å². The van der Waals surface area contributed by atoms with Gasteiger partial charge in [-0.2, -0.15) is 0 Å². The largest absolute Gasteiger partial charge is 0.513 e. The minimum atomic E-state index is -0.986. The summed E-state index contributed by atoms with van der Waals surface area (Å²) in [6.07, 6.45) is 1.92. The number of aliphatic hydroxyl groups is 1. The summed E-state index contributed by atoms with van der Waals surface area (Å²) in [4.78, 5) is 33.1. The second-order valence-electron chi connectivity index (χ2n) is 7.08. The predicted octanol–water partition coefficient (Wildman–Crippen LogP) is 5.13. The van der Waals surface area contributed by atoms with Crippen LogP contribution in [-0.2, 0) is 4.74 Å². The van der Waals surface area contributed by atoms with Crippen LogP contribution in [0, 0.1) is 11.6 Å². The van der Waals surface area contributed by atoms with Gasteiger partial charge < -0.3 is 20.9 Å². The summed E-state index contributed by atoms with van der Waals surface area (Å²) in [6.45, 7) is 16.5. The van der Waals surface area contributed by atoms with Crippen LogP contribution in [0.25, 0.3) is 16.9 Å². The van der Waals surface area contributed by atoms with Crippen LogP contribution in [0.3, 0.4) is 0 Å². The molecule has 11 heteroatoms. The third-order valence-electron chi connectivity index (χ3n) is 3.97. The molecule has 1 atom stereocenters. The number of nitrogens with one attached hydrogen (secondary N) is 1. The second kappa shape index (κ2) is 16.7. The highest BCUT2D eigenvalue weighted by Gasteiger charge is 2.20. The van der Waals surface area contributed by atoms with Crippen LogP contribution in [0.15, 0.2) is 47.7 Å². The van der Waals surface area contributed by atoms with E-state index in [1.807, 2.05) is 27.7 Å². The number of ether oxygens (including phenoxy) is 1. The lowest BCUT2D eigenvalue weighted by molar-refractivity contribution is 0.0524.